The van der Waals surface area contributed by atoms with E-state index in [0.717, 1.165) is 22.7 Å². The SMILES string of the molecule is CS(=O)(=O)N1CCCC1C(=O)NOCc1ccc(C(F)(F)F)cc1. The lowest BCUT2D eigenvalue weighted by atomic mass is 10.1. The molecule has 1 aromatic rings. The zero-order chi connectivity index (χ0) is 18.0. The van der Waals surface area contributed by atoms with Gasteiger partial charge in [-0.2, -0.15) is 17.5 Å². The Morgan fingerprint density at radius 1 is 1.33 bits per heavy atom. The molecule has 10 heteroatoms. The van der Waals surface area contributed by atoms with E-state index in [0.29, 0.717) is 18.4 Å². The van der Waals surface area contributed by atoms with Gasteiger partial charge in [-0.15, -0.1) is 0 Å². The lowest BCUT2D eigenvalue weighted by Gasteiger charge is -2.21. The van der Waals surface area contributed by atoms with Gasteiger partial charge in [-0.1, -0.05) is 12.1 Å². The van der Waals surface area contributed by atoms with E-state index in [1.54, 1.807) is 0 Å². The third kappa shape index (κ3) is 4.68. The summed E-state index contributed by atoms with van der Waals surface area (Å²) in [5, 5.41) is 0. The van der Waals surface area contributed by atoms with Crippen LogP contribution in [0.15, 0.2) is 24.3 Å². The fourth-order valence-electron chi connectivity index (χ4n) is 2.45. The Morgan fingerprint density at radius 3 is 2.50 bits per heavy atom. The number of hydrogen-bond donors (Lipinski definition) is 1. The first-order valence-corrected chi connectivity index (χ1v) is 8.98. The molecular weight excluding hydrogens is 349 g/mol. The summed E-state index contributed by atoms with van der Waals surface area (Å²) in [6, 6.07) is 3.50. The number of carbonyl (C=O) groups excluding carboxylic acids is 1. The van der Waals surface area contributed by atoms with Crippen molar-refractivity contribution in [1.29, 1.82) is 0 Å². The van der Waals surface area contributed by atoms with Crippen molar-refractivity contribution in [2.45, 2.75) is 31.7 Å². The van der Waals surface area contributed by atoms with Crippen LogP contribution in [0.25, 0.3) is 0 Å². The molecule has 1 amide bonds. The quantitative estimate of drug-likeness (QED) is 0.805. The van der Waals surface area contributed by atoms with Crippen LogP contribution in [0, 0.1) is 0 Å². The number of rotatable bonds is 5. The van der Waals surface area contributed by atoms with Gasteiger partial charge in [-0.05, 0) is 30.5 Å². The third-order valence-electron chi connectivity index (χ3n) is 3.63. The van der Waals surface area contributed by atoms with Crippen LogP contribution in [0.3, 0.4) is 0 Å². The number of alkyl halides is 3. The van der Waals surface area contributed by atoms with Crippen LogP contribution in [0.1, 0.15) is 24.0 Å². The predicted octanol–water partition coefficient (Wildman–Crippen LogP) is 1.68. The number of nitrogens with zero attached hydrogens (tertiary/aromatic N) is 1. The molecule has 2 rings (SSSR count). The summed E-state index contributed by atoms with van der Waals surface area (Å²) >= 11 is 0. The molecule has 0 saturated carbocycles. The van der Waals surface area contributed by atoms with Crippen molar-refractivity contribution >= 4 is 15.9 Å². The van der Waals surface area contributed by atoms with Gasteiger partial charge < -0.3 is 0 Å². The first-order chi connectivity index (χ1) is 11.1. The number of carbonyl (C=O) groups is 1. The number of hydrogen-bond acceptors (Lipinski definition) is 4. The number of hydroxylamine groups is 1. The molecule has 1 aliphatic rings. The van der Waals surface area contributed by atoms with Gasteiger partial charge in [0.1, 0.15) is 6.04 Å². The summed E-state index contributed by atoms with van der Waals surface area (Å²) < 4.78 is 61.6. The maximum atomic E-state index is 12.4. The maximum absolute atomic E-state index is 12.4. The van der Waals surface area contributed by atoms with E-state index in [1.807, 2.05) is 0 Å². The van der Waals surface area contributed by atoms with Gasteiger partial charge in [0, 0.05) is 6.54 Å². The van der Waals surface area contributed by atoms with E-state index in [9.17, 15) is 26.4 Å². The van der Waals surface area contributed by atoms with Crippen LogP contribution >= 0.6 is 0 Å². The van der Waals surface area contributed by atoms with Crippen molar-refractivity contribution in [3.8, 4) is 0 Å². The van der Waals surface area contributed by atoms with Crippen molar-refractivity contribution in [2.75, 3.05) is 12.8 Å². The van der Waals surface area contributed by atoms with Gasteiger partial charge in [0.05, 0.1) is 18.4 Å². The molecule has 1 fully saturated rings. The zero-order valence-corrected chi connectivity index (χ0v) is 13.7. The van der Waals surface area contributed by atoms with E-state index in [-0.39, 0.29) is 13.2 Å². The fraction of sp³-hybridized carbons (Fsp3) is 0.500. The Kier molecular flexibility index (Phi) is 5.51. The van der Waals surface area contributed by atoms with Crippen molar-refractivity contribution in [3.05, 3.63) is 35.4 Å². The van der Waals surface area contributed by atoms with Gasteiger partial charge in [-0.3, -0.25) is 9.63 Å². The summed E-state index contributed by atoms with van der Waals surface area (Å²) in [7, 11) is -3.48. The second-order valence-electron chi connectivity index (χ2n) is 5.48. The normalized spacial score (nSPS) is 19.4. The van der Waals surface area contributed by atoms with Crippen molar-refractivity contribution < 1.29 is 31.2 Å². The topological polar surface area (TPSA) is 75.7 Å². The number of sulfonamides is 1. The van der Waals surface area contributed by atoms with Crippen LogP contribution in [-0.2, 0) is 32.4 Å². The lowest BCUT2D eigenvalue weighted by molar-refractivity contribution is -0.138. The summed E-state index contributed by atoms with van der Waals surface area (Å²) in [5.41, 5.74) is 1.82. The third-order valence-corrected chi connectivity index (χ3v) is 4.91. The van der Waals surface area contributed by atoms with Crippen LogP contribution in [0.2, 0.25) is 0 Å². The van der Waals surface area contributed by atoms with Gasteiger partial charge >= 0.3 is 6.18 Å². The van der Waals surface area contributed by atoms with Crippen LogP contribution < -0.4 is 5.48 Å². The Labute approximate surface area is 137 Å². The highest BCUT2D eigenvalue weighted by molar-refractivity contribution is 7.88. The summed E-state index contributed by atoms with van der Waals surface area (Å²) in [5.74, 6) is -0.593. The van der Waals surface area contributed by atoms with Crippen molar-refractivity contribution in [2.24, 2.45) is 0 Å². The van der Waals surface area contributed by atoms with Crippen LogP contribution in [-0.4, -0.2) is 37.5 Å². The highest BCUT2D eigenvalue weighted by atomic mass is 32.2. The minimum absolute atomic E-state index is 0.129. The summed E-state index contributed by atoms with van der Waals surface area (Å²) in [6.07, 6.45) is -2.42. The van der Waals surface area contributed by atoms with Gasteiger partial charge in [-0.25, -0.2) is 13.9 Å². The smallest absolute Gasteiger partial charge is 0.271 e. The van der Waals surface area contributed by atoms with Crippen LogP contribution in [0.5, 0.6) is 0 Å². The Hall–Kier alpha value is -1.65. The molecule has 0 bridgehead atoms. The Morgan fingerprint density at radius 2 is 1.96 bits per heavy atom. The monoisotopic (exact) mass is 366 g/mol. The minimum atomic E-state index is -4.41. The van der Waals surface area contributed by atoms with E-state index >= 15 is 0 Å². The molecule has 1 N–H and O–H groups in total. The Bertz CT molecular complexity index is 689. The fourth-order valence-corrected chi connectivity index (χ4v) is 3.57. The van der Waals surface area contributed by atoms with Crippen LogP contribution in [0.4, 0.5) is 13.2 Å². The second-order valence-corrected chi connectivity index (χ2v) is 7.42. The molecule has 0 aliphatic carbocycles. The highest BCUT2D eigenvalue weighted by Gasteiger charge is 2.36. The van der Waals surface area contributed by atoms with E-state index in [2.05, 4.69) is 5.48 Å². The van der Waals surface area contributed by atoms with Crippen molar-refractivity contribution in [3.63, 3.8) is 0 Å². The standard InChI is InChI=1S/C14H17F3N2O4S/c1-24(21,22)19-8-2-3-12(19)13(20)18-23-9-10-4-6-11(7-5-10)14(15,16)17/h4-7,12H,2-3,8-9H2,1H3,(H,18,20). The molecule has 1 aliphatic heterocycles. The lowest BCUT2D eigenvalue weighted by Crippen LogP contribution is -2.45. The first-order valence-electron chi connectivity index (χ1n) is 7.13. The highest BCUT2D eigenvalue weighted by Crippen LogP contribution is 2.29. The molecule has 1 aromatic carbocycles. The average molecular weight is 366 g/mol. The molecule has 0 spiro atoms. The largest absolute Gasteiger partial charge is 0.416 e. The second kappa shape index (κ2) is 7.08. The molecule has 24 heavy (non-hydrogen) atoms. The summed E-state index contributed by atoms with van der Waals surface area (Å²) in [4.78, 5) is 17.0. The van der Waals surface area contributed by atoms with Gasteiger partial charge in [0.15, 0.2) is 0 Å². The molecule has 1 saturated heterocycles. The molecular formula is C14H17F3N2O4S. The molecule has 6 nitrogen and oxygen atoms in total. The molecule has 1 atom stereocenters. The molecule has 134 valence electrons. The Balaban J connectivity index is 1.87. The minimum Gasteiger partial charge on any atom is -0.271 e. The average Bonchev–Trinajstić information content (AvgIpc) is 2.96. The van der Waals surface area contributed by atoms with E-state index < -0.39 is 33.7 Å². The zero-order valence-electron chi connectivity index (χ0n) is 12.8. The van der Waals surface area contributed by atoms with E-state index in [1.165, 1.54) is 12.1 Å². The van der Waals surface area contributed by atoms with Gasteiger partial charge in [0.25, 0.3) is 5.91 Å². The predicted molar refractivity (Wildman–Crippen MR) is 78.9 cm³/mol. The molecule has 0 aromatic heterocycles. The summed E-state index contributed by atoms with van der Waals surface area (Å²) in [6.45, 7) is 0.144. The maximum Gasteiger partial charge on any atom is 0.416 e. The molecule has 0 radical (unpaired) electrons. The molecule has 1 unspecified atom stereocenters. The van der Waals surface area contributed by atoms with E-state index in [4.69, 9.17) is 4.84 Å². The van der Waals surface area contributed by atoms with Crippen molar-refractivity contribution in [1.82, 2.24) is 9.79 Å². The number of amides is 1. The first kappa shape index (κ1) is 18.7. The number of benzene rings is 1. The van der Waals surface area contributed by atoms with Gasteiger partial charge in [0.2, 0.25) is 10.0 Å². The number of nitrogens with one attached hydrogen (secondary N) is 1. The number of halogens is 3. The molecule has 1 heterocycles.